The van der Waals surface area contributed by atoms with Gasteiger partial charge in [-0.2, -0.15) is 0 Å². The van der Waals surface area contributed by atoms with Crippen LogP contribution in [-0.4, -0.2) is 27.9 Å². The molecule has 0 amide bonds. The quantitative estimate of drug-likeness (QED) is 0.803. The Hall–Kier alpha value is -0.920. The molecule has 0 radical (unpaired) electrons. The zero-order chi connectivity index (χ0) is 12.9. The lowest BCUT2D eigenvalue weighted by atomic mass is 10.3. The Morgan fingerprint density at radius 3 is 2.72 bits per heavy atom. The first kappa shape index (κ1) is 12.1. The highest BCUT2D eigenvalue weighted by molar-refractivity contribution is 8.00. The van der Waals surface area contributed by atoms with Crippen LogP contribution >= 0.6 is 23.1 Å². The van der Waals surface area contributed by atoms with Crippen molar-refractivity contribution in [3.8, 4) is 0 Å². The van der Waals surface area contributed by atoms with Crippen LogP contribution in [0.2, 0.25) is 0 Å². The number of nitrogens with zero attached hydrogens (tertiary/aromatic N) is 3. The Kier molecular flexibility index (Phi) is 2.72. The summed E-state index contributed by atoms with van der Waals surface area (Å²) in [4.78, 5) is 21.9. The molecular weight excluding hydrogens is 270 g/mol. The van der Waals surface area contributed by atoms with Gasteiger partial charge in [-0.1, -0.05) is 23.1 Å². The average Bonchev–Trinajstić information content (AvgIpc) is 3.07. The van der Waals surface area contributed by atoms with Gasteiger partial charge in [0.15, 0.2) is 14.7 Å². The molecule has 5 nitrogen and oxygen atoms in total. The maximum absolute atomic E-state index is 12.3. The van der Waals surface area contributed by atoms with Crippen LogP contribution in [0.5, 0.6) is 0 Å². The molecule has 1 saturated carbocycles. The third-order valence-electron chi connectivity index (χ3n) is 3.30. The second-order valence-corrected chi connectivity index (χ2v) is 6.37. The Balaban J connectivity index is 2.28. The fourth-order valence-corrected chi connectivity index (χ4v) is 3.48. The van der Waals surface area contributed by atoms with Crippen molar-refractivity contribution in [1.29, 1.82) is 0 Å². The van der Waals surface area contributed by atoms with Crippen molar-refractivity contribution in [2.75, 3.05) is 13.4 Å². The van der Waals surface area contributed by atoms with Crippen LogP contribution in [-0.2, 0) is 17.4 Å². The maximum atomic E-state index is 12.3. The molecule has 1 aliphatic carbocycles. The van der Waals surface area contributed by atoms with Crippen molar-refractivity contribution >= 4 is 33.4 Å². The Morgan fingerprint density at radius 2 is 2.17 bits per heavy atom. The van der Waals surface area contributed by atoms with E-state index in [1.807, 2.05) is 6.26 Å². The molecule has 18 heavy (non-hydrogen) atoms. The van der Waals surface area contributed by atoms with Crippen LogP contribution in [0, 0.1) is 0 Å². The summed E-state index contributed by atoms with van der Waals surface area (Å²) < 4.78 is 7.95. The summed E-state index contributed by atoms with van der Waals surface area (Å²) >= 11 is 2.99. The van der Waals surface area contributed by atoms with E-state index in [0.717, 1.165) is 23.0 Å². The van der Waals surface area contributed by atoms with Crippen LogP contribution < -0.4 is 5.56 Å². The van der Waals surface area contributed by atoms with E-state index in [2.05, 4.69) is 9.97 Å². The predicted octanol–water partition coefficient (Wildman–Crippen LogP) is 1.75. The Bertz CT molecular complexity index is 673. The van der Waals surface area contributed by atoms with E-state index in [0.29, 0.717) is 10.3 Å². The summed E-state index contributed by atoms with van der Waals surface area (Å²) in [6.45, 7) is 0. The van der Waals surface area contributed by atoms with Gasteiger partial charge in [0.1, 0.15) is 11.4 Å². The lowest BCUT2D eigenvalue weighted by Gasteiger charge is -2.15. The van der Waals surface area contributed by atoms with Gasteiger partial charge in [-0.05, 0) is 19.1 Å². The molecule has 0 aliphatic heterocycles. The molecule has 2 heterocycles. The molecule has 96 valence electrons. The number of methoxy groups -OCH3 is 1. The molecule has 7 heteroatoms. The minimum Gasteiger partial charge on any atom is -0.370 e. The third-order valence-corrected chi connectivity index (χ3v) is 5.23. The van der Waals surface area contributed by atoms with Gasteiger partial charge < -0.3 is 4.74 Å². The fraction of sp³-hybridized carbons (Fsp3) is 0.545. The molecule has 0 spiro atoms. The van der Waals surface area contributed by atoms with Crippen LogP contribution in [0.1, 0.15) is 18.7 Å². The SMILES string of the molecule is COC1(c2nc3sc(SC)nc3c(=O)n2C)CC1. The minimum absolute atomic E-state index is 0.0881. The van der Waals surface area contributed by atoms with Crippen LogP contribution in [0.4, 0.5) is 0 Å². The van der Waals surface area contributed by atoms with Gasteiger partial charge in [0.2, 0.25) is 0 Å². The molecule has 0 saturated heterocycles. The first-order chi connectivity index (χ1) is 8.61. The first-order valence-electron chi connectivity index (χ1n) is 5.58. The molecule has 0 aromatic carbocycles. The molecule has 1 aliphatic rings. The molecule has 3 rings (SSSR count). The Morgan fingerprint density at radius 1 is 1.44 bits per heavy atom. The first-order valence-corrected chi connectivity index (χ1v) is 7.62. The predicted molar refractivity (Wildman–Crippen MR) is 72.4 cm³/mol. The Labute approximate surface area is 112 Å². The highest BCUT2D eigenvalue weighted by Gasteiger charge is 2.48. The number of thiazole rings is 1. The highest BCUT2D eigenvalue weighted by atomic mass is 32.2. The van der Waals surface area contributed by atoms with Crippen LogP contribution in [0.15, 0.2) is 9.13 Å². The van der Waals surface area contributed by atoms with Crippen molar-refractivity contribution in [2.24, 2.45) is 7.05 Å². The van der Waals surface area contributed by atoms with Crippen molar-refractivity contribution in [2.45, 2.75) is 22.8 Å². The number of thioether (sulfide) groups is 1. The van der Waals surface area contributed by atoms with E-state index >= 15 is 0 Å². The van der Waals surface area contributed by atoms with E-state index in [-0.39, 0.29) is 11.2 Å². The van der Waals surface area contributed by atoms with Gasteiger partial charge in [-0.15, -0.1) is 0 Å². The minimum atomic E-state index is -0.356. The van der Waals surface area contributed by atoms with E-state index in [9.17, 15) is 4.79 Å². The number of hydrogen-bond donors (Lipinski definition) is 0. The number of aromatic nitrogens is 3. The van der Waals surface area contributed by atoms with E-state index in [1.165, 1.54) is 23.1 Å². The van der Waals surface area contributed by atoms with Gasteiger partial charge in [-0.3, -0.25) is 9.36 Å². The maximum Gasteiger partial charge on any atom is 0.280 e. The fourth-order valence-electron chi connectivity index (χ4n) is 2.06. The van der Waals surface area contributed by atoms with E-state index < -0.39 is 0 Å². The largest absolute Gasteiger partial charge is 0.370 e. The van der Waals surface area contributed by atoms with Crippen LogP contribution in [0.25, 0.3) is 10.3 Å². The molecule has 0 N–H and O–H groups in total. The summed E-state index contributed by atoms with van der Waals surface area (Å²) in [6.07, 6.45) is 3.79. The summed E-state index contributed by atoms with van der Waals surface area (Å²) in [6, 6.07) is 0. The zero-order valence-corrected chi connectivity index (χ0v) is 12.0. The van der Waals surface area contributed by atoms with Gasteiger partial charge in [0.25, 0.3) is 5.56 Å². The number of rotatable bonds is 3. The van der Waals surface area contributed by atoms with Gasteiger partial charge in [0, 0.05) is 14.2 Å². The van der Waals surface area contributed by atoms with Gasteiger partial charge in [-0.25, -0.2) is 9.97 Å². The smallest absolute Gasteiger partial charge is 0.280 e. The molecule has 0 bridgehead atoms. The lowest BCUT2D eigenvalue weighted by Crippen LogP contribution is -2.28. The van der Waals surface area contributed by atoms with Crippen molar-refractivity contribution in [3.63, 3.8) is 0 Å². The monoisotopic (exact) mass is 283 g/mol. The molecular formula is C11H13N3O2S2. The van der Waals surface area contributed by atoms with Gasteiger partial charge >= 0.3 is 0 Å². The summed E-state index contributed by atoms with van der Waals surface area (Å²) in [5.74, 6) is 0.721. The summed E-state index contributed by atoms with van der Waals surface area (Å²) in [5, 5.41) is 0. The normalized spacial score (nSPS) is 17.3. The second-order valence-electron chi connectivity index (χ2n) is 4.34. The van der Waals surface area contributed by atoms with Crippen molar-refractivity contribution in [1.82, 2.24) is 14.5 Å². The third kappa shape index (κ3) is 1.61. The number of fused-ring (bicyclic) bond motifs is 1. The molecule has 2 aromatic rings. The zero-order valence-electron chi connectivity index (χ0n) is 10.4. The molecule has 2 aromatic heterocycles. The van der Waals surface area contributed by atoms with E-state index in [4.69, 9.17) is 4.74 Å². The summed E-state index contributed by atoms with van der Waals surface area (Å²) in [5.41, 5.74) is 0.0170. The van der Waals surface area contributed by atoms with Gasteiger partial charge in [0.05, 0.1) is 0 Å². The topological polar surface area (TPSA) is 57.0 Å². The van der Waals surface area contributed by atoms with E-state index in [1.54, 1.807) is 18.7 Å². The average molecular weight is 283 g/mol. The summed E-state index contributed by atoms with van der Waals surface area (Å²) in [7, 11) is 3.41. The second kappa shape index (κ2) is 4.04. The van der Waals surface area contributed by atoms with Crippen molar-refractivity contribution in [3.05, 3.63) is 16.2 Å². The van der Waals surface area contributed by atoms with Crippen LogP contribution in [0.3, 0.4) is 0 Å². The molecule has 1 fully saturated rings. The number of hydrogen-bond acceptors (Lipinski definition) is 6. The molecule has 0 unspecified atom stereocenters. The number of ether oxygens (including phenoxy) is 1. The highest BCUT2D eigenvalue weighted by Crippen LogP contribution is 2.47. The van der Waals surface area contributed by atoms with Crippen molar-refractivity contribution < 1.29 is 4.74 Å². The standard InChI is InChI=1S/C11H13N3O2S2/c1-14-8(15)6-7(18-10(12-6)17-3)13-9(14)11(16-2)4-5-11/h4-5H2,1-3H3. The molecule has 0 atom stereocenters. The lowest BCUT2D eigenvalue weighted by molar-refractivity contribution is 0.0678.